The summed E-state index contributed by atoms with van der Waals surface area (Å²) in [5.74, 6) is -2.12. The SMILES string of the molecule is O=C1C(=O)C(Cl)C(O)(C(Cl)Cl)C1=C(Cl)Cl. The molecule has 0 bridgehead atoms. The van der Waals surface area contributed by atoms with E-state index < -0.39 is 37.4 Å². The van der Waals surface area contributed by atoms with Crippen LogP contribution in [0.5, 0.6) is 0 Å². The van der Waals surface area contributed by atoms with Gasteiger partial charge >= 0.3 is 0 Å². The van der Waals surface area contributed by atoms with Crippen molar-refractivity contribution in [3.8, 4) is 0 Å². The van der Waals surface area contributed by atoms with Gasteiger partial charge < -0.3 is 5.11 Å². The normalized spacial score (nSPS) is 31.7. The Morgan fingerprint density at radius 2 is 1.80 bits per heavy atom. The number of halogens is 5. The van der Waals surface area contributed by atoms with Gasteiger partial charge in [0.25, 0.3) is 0 Å². The van der Waals surface area contributed by atoms with Crippen molar-refractivity contribution in [3.63, 3.8) is 0 Å². The van der Waals surface area contributed by atoms with Crippen LogP contribution in [0.4, 0.5) is 0 Å². The summed E-state index contributed by atoms with van der Waals surface area (Å²) in [5, 5.41) is 8.35. The molecule has 8 heteroatoms. The van der Waals surface area contributed by atoms with E-state index in [-0.39, 0.29) is 0 Å². The molecule has 0 aromatic carbocycles. The number of hydrogen-bond acceptors (Lipinski definition) is 3. The van der Waals surface area contributed by atoms with E-state index in [9.17, 15) is 14.7 Å². The highest BCUT2D eigenvalue weighted by atomic mass is 35.5. The lowest BCUT2D eigenvalue weighted by atomic mass is 10.0. The van der Waals surface area contributed by atoms with Crippen LogP contribution in [-0.4, -0.2) is 32.5 Å². The third kappa shape index (κ3) is 1.90. The van der Waals surface area contributed by atoms with Crippen LogP contribution in [0.25, 0.3) is 0 Å². The van der Waals surface area contributed by atoms with Gasteiger partial charge in [0.1, 0.15) is 20.3 Å². The Hall–Kier alpha value is 0.490. The molecule has 0 heterocycles. The number of hydrogen-bond donors (Lipinski definition) is 1. The molecule has 1 aliphatic carbocycles. The molecule has 1 saturated carbocycles. The molecule has 15 heavy (non-hydrogen) atoms. The average molecular weight is 312 g/mol. The topological polar surface area (TPSA) is 54.4 Å². The zero-order valence-corrected chi connectivity index (χ0v) is 10.6. The van der Waals surface area contributed by atoms with Gasteiger partial charge in [-0.05, 0) is 0 Å². The minimum absolute atomic E-state index is 0.564. The van der Waals surface area contributed by atoms with E-state index in [1.54, 1.807) is 0 Å². The second-order valence-electron chi connectivity index (χ2n) is 2.82. The average Bonchev–Trinajstić information content (AvgIpc) is 2.29. The number of carbonyl (C=O) groups is 2. The second-order valence-corrected chi connectivity index (χ2v) is 5.30. The summed E-state index contributed by atoms with van der Waals surface area (Å²) in [6.45, 7) is 0. The minimum Gasteiger partial charge on any atom is -0.380 e. The van der Waals surface area contributed by atoms with Crippen LogP contribution >= 0.6 is 58.0 Å². The first kappa shape index (κ1) is 13.6. The maximum absolute atomic E-state index is 11.3. The molecule has 0 radical (unpaired) electrons. The highest BCUT2D eigenvalue weighted by Crippen LogP contribution is 2.43. The maximum atomic E-state index is 11.3. The molecular weight excluding hydrogens is 309 g/mol. The number of carbonyl (C=O) groups excluding carboxylic acids is 2. The Labute approximate surface area is 110 Å². The third-order valence-corrected chi connectivity index (χ3v) is 3.56. The van der Waals surface area contributed by atoms with Crippen LogP contribution in [-0.2, 0) is 9.59 Å². The summed E-state index contributed by atoms with van der Waals surface area (Å²) in [4.78, 5) is 21.1. The van der Waals surface area contributed by atoms with Crippen LogP contribution in [0.15, 0.2) is 10.1 Å². The molecule has 0 saturated heterocycles. The van der Waals surface area contributed by atoms with Crippen molar-refractivity contribution in [1.82, 2.24) is 0 Å². The first-order valence-corrected chi connectivity index (χ1v) is 5.60. The zero-order valence-electron chi connectivity index (χ0n) is 6.81. The lowest BCUT2D eigenvalue weighted by Crippen LogP contribution is -2.44. The number of rotatable bonds is 1. The first-order chi connectivity index (χ1) is 6.74. The van der Waals surface area contributed by atoms with E-state index in [4.69, 9.17) is 58.0 Å². The summed E-state index contributed by atoms with van der Waals surface area (Å²) < 4.78 is -0.578. The fourth-order valence-electron chi connectivity index (χ4n) is 1.20. The number of aliphatic hydroxyl groups is 1. The van der Waals surface area contributed by atoms with Crippen LogP contribution in [0.1, 0.15) is 0 Å². The van der Waals surface area contributed by atoms with Crippen molar-refractivity contribution in [2.75, 3.05) is 0 Å². The molecule has 0 aromatic heterocycles. The summed E-state index contributed by atoms with van der Waals surface area (Å²) in [6, 6.07) is 0. The van der Waals surface area contributed by atoms with Crippen LogP contribution in [0.2, 0.25) is 0 Å². The van der Waals surface area contributed by atoms with Gasteiger partial charge in [0.2, 0.25) is 11.6 Å². The van der Waals surface area contributed by atoms with Crippen molar-refractivity contribution >= 4 is 69.6 Å². The monoisotopic (exact) mass is 310 g/mol. The highest BCUT2D eigenvalue weighted by molar-refractivity contribution is 6.65. The Morgan fingerprint density at radius 3 is 2.07 bits per heavy atom. The van der Waals surface area contributed by atoms with Crippen molar-refractivity contribution in [3.05, 3.63) is 10.1 Å². The van der Waals surface area contributed by atoms with Crippen LogP contribution in [0, 0.1) is 0 Å². The quantitative estimate of drug-likeness (QED) is 0.457. The Morgan fingerprint density at radius 1 is 1.33 bits per heavy atom. The molecule has 1 N–H and O–H groups in total. The molecule has 0 aliphatic heterocycles. The molecule has 2 unspecified atom stereocenters. The largest absolute Gasteiger partial charge is 0.380 e. The lowest BCUT2D eigenvalue weighted by Gasteiger charge is -2.26. The fraction of sp³-hybridized carbons (Fsp3) is 0.429. The van der Waals surface area contributed by atoms with Gasteiger partial charge in [0, 0.05) is 0 Å². The van der Waals surface area contributed by atoms with Crippen molar-refractivity contribution in [2.24, 2.45) is 0 Å². The zero-order chi connectivity index (χ0) is 12.0. The predicted octanol–water partition coefficient (Wildman–Crippen LogP) is 1.97. The molecule has 0 amide bonds. The lowest BCUT2D eigenvalue weighted by molar-refractivity contribution is -0.132. The molecule has 2 atom stereocenters. The van der Waals surface area contributed by atoms with E-state index in [2.05, 4.69) is 0 Å². The third-order valence-electron chi connectivity index (χ3n) is 1.99. The van der Waals surface area contributed by atoms with Gasteiger partial charge in [-0.2, -0.15) is 0 Å². The molecular formula is C7H3Cl5O3. The first-order valence-electron chi connectivity index (χ1n) is 3.53. The van der Waals surface area contributed by atoms with Gasteiger partial charge in [-0.1, -0.05) is 23.2 Å². The molecule has 84 valence electrons. The van der Waals surface area contributed by atoms with Crippen LogP contribution < -0.4 is 0 Å². The molecule has 0 spiro atoms. The highest BCUT2D eigenvalue weighted by Gasteiger charge is 2.60. The Balaban J connectivity index is 3.44. The Kier molecular flexibility index (Phi) is 3.97. The summed E-state index contributed by atoms with van der Waals surface area (Å²) in [6.07, 6.45) is 0. The Bertz CT molecular complexity index is 360. The van der Waals surface area contributed by atoms with Gasteiger partial charge in [-0.3, -0.25) is 9.59 Å². The predicted molar refractivity (Wildman–Crippen MR) is 58.8 cm³/mol. The standard InChI is InChI=1S/C7H3Cl5O3/c8-4-3(14)2(13)1(5(9)10)7(4,15)6(11)12/h4,6,15H. The van der Waals surface area contributed by atoms with Gasteiger partial charge in [0.05, 0.1) is 5.57 Å². The molecule has 0 aromatic rings. The summed E-state index contributed by atoms with van der Waals surface area (Å²) >= 11 is 27.2. The van der Waals surface area contributed by atoms with Crippen molar-refractivity contribution in [1.29, 1.82) is 0 Å². The van der Waals surface area contributed by atoms with E-state index in [0.29, 0.717) is 0 Å². The maximum Gasteiger partial charge on any atom is 0.231 e. The van der Waals surface area contributed by atoms with E-state index in [1.165, 1.54) is 0 Å². The summed E-state index contributed by atoms with van der Waals surface area (Å²) in [7, 11) is 0. The van der Waals surface area contributed by atoms with Gasteiger partial charge in [0.15, 0.2) is 0 Å². The number of alkyl halides is 3. The molecule has 1 fully saturated rings. The number of ketones is 2. The smallest absolute Gasteiger partial charge is 0.231 e. The van der Waals surface area contributed by atoms with E-state index in [0.717, 1.165) is 0 Å². The summed E-state index contributed by atoms with van der Waals surface area (Å²) in [5.41, 5.74) is -2.82. The molecule has 1 aliphatic rings. The molecule has 3 nitrogen and oxygen atoms in total. The minimum atomic E-state index is -2.25. The van der Waals surface area contributed by atoms with Gasteiger partial charge in [-0.25, -0.2) is 0 Å². The fourth-order valence-corrected chi connectivity index (χ4v) is 2.61. The van der Waals surface area contributed by atoms with E-state index >= 15 is 0 Å². The molecule has 1 rings (SSSR count). The van der Waals surface area contributed by atoms with Gasteiger partial charge in [-0.15, -0.1) is 34.8 Å². The second kappa shape index (κ2) is 4.40. The van der Waals surface area contributed by atoms with Crippen LogP contribution in [0.3, 0.4) is 0 Å². The van der Waals surface area contributed by atoms with Crippen molar-refractivity contribution < 1.29 is 14.7 Å². The van der Waals surface area contributed by atoms with E-state index in [1.807, 2.05) is 0 Å². The van der Waals surface area contributed by atoms with Crippen molar-refractivity contribution in [2.45, 2.75) is 15.8 Å². The number of Topliss-reactive ketones (excluding diaryl/α,β-unsaturated/α-hetero) is 2.